The molecule has 6 atom stereocenters. The quantitative estimate of drug-likeness (QED) is 0.480. The van der Waals surface area contributed by atoms with Gasteiger partial charge >= 0.3 is 17.9 Å². The van der Waals surface area contributed by atoms with E-state index in [1.807, 2.05) is 13.8 Å². The Morgan fingerprint density at radius 2 is 2.03 bits per heavy atom. The van der Waals surface area contributed by atoms with E-state index in [-0.39, 0.29) is 42.2 Å². The van der Waals surface area contributed by atoms with E-state index in [0.29, 0.717) is 19.6 Å². The lowest BCUT2D eigenvalue weighted by Gasteiger charge is -2.48. The van der Waals surface area contributed by atoms with E-state index >= 15 is 0 Å². The van der Waals surface area contributed by atoms with Crippen molar-refractivity contribution in [3.63, 3.8) is 0 Å². The number of carboxylic acids is 1. The zero-order chi connectivity index (χ0) is 22.2. The average Bonchev–Trinajstić information content (AvgIpc) is 3.60. The minimum Gasteiger partial charge on any atom is -0.481 e. The summed E-state index contributed by atoms with van der Waals surface area (Å²) in [4.78, 5) is 35.5. The molecule has 8 nitrogen and oxygen atoms in total. The van der Waals surface area contributed by atoms with E-state index in [4.69, 9.17) is 24.1 Å². The number of hydrogen-bond acceptors (Lipinski definition) is 7. The van der Waals surface area contributed by atoms with Crippen LogP contribution in [0.3, 0.4) is 0 Å². The first kappa shape index (κ1) is 20.9. The fourth-order valence-corrected chi connectivity index (χ4v) is 6.35. The summed E-state index contributed by atoms with van der Waals surface area (Å²) in [5.74, 6) is -1.39. The van der Waals surface area contributed by atoms with Crippen LogP contribution in [-0.2, 0) is 33.3 Å². The molecule has 0 aromatic carbocycles. The number of carbonyl (C=O) groups excluding carboxylic acids is 2. The van der Waals surface area contributed by atoms with Crippen molar-refractivity contribution in [1.29, 1.82) is 0 Å². The second-order valence-corrected chi connectivity index (χ2v) is 10.4. The third-order valence-corrected chi connectivity index (χ3v) is 8.32. The standard InChI is InChI=1S/C23H30O8/c1-12(2)23(11-29-23)20(30-18(26)5-4-17(24)25)22-10-21(3)7-6-13-14(9-28-19(13)27)15(21)8-16(22)31-22/h12,15-16,20H,4-11H2,1-3H3,(H,24,25)/t15?,16-,20-,21+,22+,23+/m0/s1. The molecule has 1 N–H and O–H groups in total. The van der Waals surface area contributed by atoms with Crippen LogP contribution >= 0.6 is 0 Å². The highest BCUT2D eigenvalue weighted by atomic mass is 16.7. The first-order valence-corrected chi connectivity index (χ1v) is 11.2. The van der Waals surface area contributed by atoms with E-state index in [9.17, 15) is 14.4 Å². The monoisotopic (exact) mass is 434 g/mol. The number of carbonyl (C=O) groups is 3. The third kappa shape index (κ3) is 3.13. The fourth-order valence-electron chi connectivity index (χ4n) is 6.35. The Balaban J connectivity index is 1.41. The zero-order valence-corrected chi connectivity index (χ0v) is 18.3. The van der Waals surface area contributed by atoms with Gasteiger partial charge in [-0.2, -0.15) is 0 Å². The van der Waals surface area contributed by atoms with Crippen molar-refractivity contribution >= 4 is 17.9 Å². The Kier molecular flexibility index (Phi) is 4.58. The molecule has 2 aliphatic carbocycles. The molecule has 5 aliphatic rings. The van der Waals surface area contributed by atoms with Gasteiger partial charge in [0.1, 0.15) is 17.8 Å². The Labute approximate surface area is 181 Å². The van der Waals surface area contributed by atoms with Crippen molar-refractivity contribution in [2.45, 2.75) is 82.7 Å². The van der Waals surface area contributed by atoms with Gasteiger partial charge in [-0.3, -0.25) is 9.59 Å². The summed E-state index contributed by atoms with van der Waals surface area (Å²) in [6, 6.07) is 0. The molecule has 0 bridgehead atoms. The smallest absolute Gasteiger partial charge is 0.334 e. The highest BCUT2D eigenvalue weighted by Gasteiger charge is 2.77. The van der Waals surface area contributed by atoms with Gasteiger partial charge in [0.2, 0.25) is 0 Å². The maximum atomic E-state index is 12.5. The summed E-state index contributed by atoms with van der Waals surface area (Å²) in [5, 5.41) is 8.93. The van der Waals surface area contributed by atoms with Crippen molar-refractivity contribution in [3.8, 4) is 0 Å². The van der Waals surface area contributed by atoms with E-state index in [2.05, 4.69) is 6.92 Å². The summed E-state index contributed by atoms with van der Waals surface area (Å²) in [5.41, 5.74) is 0.670. The van der Waals surface area contributed by atoms with Crippen molar-refractivity contribution in [3.05, 3.63) is 11.1 Å². The number of esters is 2. The predicted octanol–water partition coefficient (Wildman–Crippen LogP) is 2.39. The topological polar surface area (TPSA) is 115 Å². The summed E-state index contributed by atoms with van der Waals surface area (Å²) in [6.45, 7) is 7.21. The van der Waals surface area contributed by atoms with Gasteiger partial charge < -0.3 is 24.1 Å². The van der Waals surface area contributed by atoms with Crippen molar-refractivity contribution in [1.82, 2.24) is 0 Å². The molecule has 5 rings (SSSR count). The van der Waals surface area contributed by atoms with Gasteiger partial charge in [-0.25, -0.2) is 4.79 Å². The van der Waals surface area contributed by atoms with Crippen molar-refractivity contribution in [2.24, 2.45) is 17.3 Å². The normalized spacial score (nSPS) is 41.1. The molecule has 2 saturated heterocycles. The largest absolute Gasteiger partial charge is 0.481 e. The Hall–Kier alpha value is -1.93. The number of carboxylic acid groups (broad SMARTS) is 1. The molecule has 3 heterocycles. The van der Waals surface area contributed by atoms with E-state index < -0.39 is 29.2 Å². The van der Waals surface area contributed by atoms with E-state index in [0.717, 1.165) is 30.4 Å². The van der Waals surface area contributed by atoms with E-state index in [1.165, 1.54) is 0 Å². The summed E-state index contributed by atoms with van der Waals surface area (Å²) in [6.07, 6.45) is 1.97. The van der Waals surface area contributed by atoms with Crippen LogP contribution in [0.1, 0.15) is 59.3 Å². The van der Waals surface area contributed by atoms with Crippen LogP contribution in [0.4, 0.5) is 0 Å². The maximum absolute atomic E-state index is 12.5. The van der Waals surface area contributed by atoms with Gasteiger partial charge in [-0.1, -0.05) is 20.8 Å². The van der Waals surface area contributed by atoms with Crippen LogP contribution in [-0.4, -0.2) is 59.6 Å². The van der Waals surface area contributed by atoms with Crippen molar-refractivity contribution in [2.75, 3.05) is 13.2 Å². The molecule has 0 radical (unpaired) electrons. The van der Waals surface area contributed by atoms with Gasteiger partial charge in [0, 0.05) is 5.57 Å². The number of fused-ring (bicyclic) bond motifs is 3. The van der Waals surface area contributed by atoms with Gasteiger partial charge in [0.05, 0.1) is 25.6 Å². The molecule has 0 spiro atoms. The van der Waals surface area contributed by atoms with Gasteiger partial charge in [-0.05, 0) is 48.5 Å². The lowest BCUT2D eigenvalue weighted by Crippen LogP contribution is -2.55. The minimum absolute atomic E-state index is 0.0785. The van der Waals surface area contributed by atoms with Gasteiger partial charge in [-0.15, -0.1) is 0 Å². The molecular weight excluding hydrogens is 404 g/mol. The summed E-state index contributed by atoms with van der Waals surface area (Å²) >= 11 is 0. The van der Waals surface area contributed by atoms with Crippen molar-refractivity contribution < 1.29 is 38.4 Å². The second-order valence-electron chi connectivity index (χ2n) is 10.4. The molecule has 31 heavy (non-hydrogen) atoms. The molecule has 1 unspecified atom stereocenters. The number of aliphatic carboxylic acids is 1. The fraction of sp³-hybridized carbons (Fsp3) is 0.783. The SMILES string of the molecule is CC(C)[C@@]1([C@@H](OC(=O)CCC(=O)O)[C@@]23C[C@@]4(C)CCC5=C(COC5=O)C4C[C@@H]2O3)CO1. The van der Waals surface area contributed by atoms with Crippen LogP contribution in [0, 0.1) is 17.3 Å². The number of epoxide rings is 2. The third-order valence-electron chi connectivity index (χ3n) is 8.32. The van der Waals surface area contributed by atoms with Crippen LogP contribution in [0.5, 0.6) is 0 Å². The highest BCUT2D eigenvalue weighted by molar-refractivity contribution is 5.92. The lowest BCUT2D eigenvalue weighted by atomic mass is 9.55. The molecule has 0 aromatic heterocycles. The van der Waals surface area contributed by atoms with Gasteiger partial charge in [0.15, 0.2) is 6.10 Å². The van der Waals surface area contributed by atoms with Crippen LogP contribution in [0.15, 0.2) is 11.1 Å². The molecule has 3 aliphatic heterocycles. The molecule has 0 amide bonds. The minimum atomic E-state index is -1.03. The number of cyclic esters (lactones) is 1. The number of hydrogen-bond donors (Lipinski definition) is 1. The van der Waals surface area contributed by atoms with Crippen LogP contribution in [0.25, 0.3) is 0 Å². The molecule has 8 heteroatoms. The molecule has 1 saturated carbocycles. The Bertz CT molecular complexity index is 871. The van der Waals surface area contributed by atoms with Crippen LogP contribution in [0.2, 0.25) is 0 Å². The average molecular weight is 434 g/mol. The Morgan fingerprint density at radius 1 is 1.29 bits per heavy atom. The predicted molar refractivity (Wildman–Crippen MR) is 106 cm³/mol. The number of ether oxygens (including phenoxy) is 4. The van der Waals surface area contributed by atoms with Gasteiger partial charge in [0.25, 0.3) is 0 Å². The summed E-state index contributed by atoms with van der Waals surface area (Å²) in [7, 11) is 0. The maximum Gasteiger partial charge on any atom is 0.334 e. The molecule has 3 fully saturated rings. The summed E-state index contributed by atoms with van der Waals surface area (Å²) < 4.78 is 23.5. The Morgan fingerprint density at radius 3 is 2.68 bits per heavy atom. The second kappa shape index (κ2) is 6.78. The van der Waals surface area contributed by atoms with E-state index in [1.54, 1.807) is 0 Å². The number of rotatable bonds is 7. The zero-order valence-electron chi connectivity index (χ0n) is 18.3. The molecule has 0 aromatic rings. The lowest BCUT2D eigenvalue weighted by molar-refractivity contribution is -0.163. The first-order valence-electron chi connectivity index (χ1n) is 11.2. The first-order chi connectivity index (χ1) is 14.6. The van der Waals surface area contributed by atoms with Crippen LogP contribution < -0.4 is 0 Å². The highest BCUT2D eigenvalue weighted by Crippen LogP contribution is 2.66. The molecule has 170 valence electrons. The molecular formula is C23H30O8.